The van der Waals surface area contributed by atoms with Crippen molar-refractivity contribution < 1.29 is 19.2 Å². The van der Waals surface area contributed by atoms with Gasteiger partial charge in [-0.15, -0.1) is 0 Å². The summed E-state index contributed by atoms with van der Waals surface area (Å²) in [6.07, 6.45) is 0. The Balaban J connectivity index is 1.96. The SMILES string of the molecule is COc1ccccc1Oc1ccc(C(=O)c2ccc(Br)cc2)cc1[N+](=O)[O-]. The number of methoxy groups -OCH3 is 1. The zero-order valence-electron chi connectivity index (χ0n) is 14.2. The summed E-state index contributed by atoms with van der Waals surface area (Å²) in [5, 5.41) is 11.5. The Kier molecular flexibility index (Phi) is 5.52. The Hall–Kier alpha value is -3.19. The van der Waals surface area contributed by atoms with Crippen LogP contribution in [-0.4, -0.2) is 17.8 Å². The zero-order valence-corrected chi connectivity index (χ0v) is 15.8. The summed E-state index contributed by atoms with van der Waals surface area (Å²) in [5.74, 6) is 0.503. The van der Waals surface area contributed by atoms with Gasteiger partial charge in [-0.25, -0.2) is 0 Å². The van der Waals surface area contributed by atoms with Gasteiger partial charge in [-0.05, 0) is 48.5 Å². The van der Waals surface area contributed by atoms with Crippen LogP contribution in [0.4, 0.5) is 5.69 Å². The lowest BCUT2D eigenvalue weighted by atomic mass is 10.0. The average molecular weight is 428 g/mol. The summed E-state index contributed by atoms with van der Waals surface area (Å²) in [6, 6.07) is 17.7. The molecule has 0 atom stereocenters. The summed E-state index contributed by atoms with van der Waals surface area (Å²) in [4.78, 5) is 23.5. The van der Waals surface area contributed by atoms with Gasteiger partial charge >= 0.3 is 5.69 Å². The highest BCUT2D eigenvalue weighted by Gasteiger charge is 2.21. The molecule has 0 unspecified atom stereocenters. The summed E-state index contributed by atoms with van der Waals surface area (Å²) in [6.45, 7) is 0. The van der Waals surface area contributed by atoms with E-state index in [2.05, 4.69) is 15.9 Å². The van der Waals surface area contributed by atoms with Crippen LogP contribution in [0.25, 0.3) is 0 Å². The van der Waals surface area contributed by atoms with Crippen LogP contribution in [-0.2, 0) is 0 Å². The molecule has 0 aromatic heterocycles. The highest BCUT2D eigenvalue weighted by Crippen LogP contribution is 2.36. The first-order valence-electron chi connectivity index (χ1n) is 7.89. The first kappa shape index (κ1) is 18.6. The fourth-order valence-electron chi connectivity index (χ4n) is 2.48. The third-order valence-electron chi connectivity index (χ3n) is 3.81. The Morgan fingerprint density at radius 1 is 0.926 bits per heavy atom. The predicted molar refractivity (Wildman–Crippen MR) is 104 cm³/mol. The van der Waals surface area contributed by atoms with E-state index in [1.807, 2.05) is 0 Å². The topological polar surface area (TPSA) is 78.7 Å². The van der Waals surface area contributed by atoms with Crippen molar-refractivity contribution in [3.05, 3.63) is 92.4 Å². The zero-order chi connectivity index (χ0) is 19.4. The van der Waals surface area contributed by atoms with E-state index in [0.29, 0.717) is 17.1 Å². The molecule has 3 rings (SSSR count). The van der Waals surface area contributed by atoms with Gasteiger partial charge in [0.2, 0.25) is 5.75 Å². The molecule has 0 amide bonds. The molecule has 136 valence electrons. The van der Waals surface area contributed by atoms with E-state index in [9.17, 15) is 14.9 Å². The Morgan fingerprint density at radius 3 is 2.19 bits per heavy atom. The molecule has 6 nitrogen and oxygen atoms in total. The Labute approximate surface area is 163 Å². The van der Waals surface area contributed by atoms with Crippen molar-refractivity contribution in [2.24, 2.45) is 0 Å². The number of ether oxygens (including phenoxy) is 2. The largest absolute Gasteiger partial charge is 0.493 e. The fraction of sp³-hybridized carbons (Fsp3) is 0.0500. The summed E-state index contributed by atoms with van der Waals surface area (Å²) in [5.41, 5.74) is 0.339. The van der Waals surface area contributed by atoms with Crippen molar-refractivity contribution in [2.45, 2.75) is 0 Å². The van der Waals surface area contributed by atoms with Crippen molar-refractivity contribution in [1.82, 2.24) is 0 Å². The normalized spacial score (nSPS) is 10.3. The van der Waals surface area contributed by atoms with Crippen molar-refractivity contribution in [1.29, 1.82) is 0 Å². The summed E-state index contributed by atoms with van der Waals surface area (Å²) in [7, 11) is 1.48. The second-order valence-corrected chi connectivity index (χ2v) is 6.44. The first-order valence-corrected chi connectivity index (χ1v) is 8.68. The molecule has 0 radical (unpaired) electrons. The van der Waals surface area contributed by atoms with Gasteiger partial charge in [-0.3, -0.25) is 14.9 Å². The van der Waals surface area contributed by atoms with E-state index in [-0.39, 0.29) is 22.8 Å². The van der Waals surface area contributed by atoms with Gasteiger partial charge in [0.25, 0.3) is 0 Å². The van der Waals surface area contributed by atoms with E-state index in [1.54, 1.807) is 48.5 Å². The number of carbonyl (C=O) groups excluding carboxylic acids is 1. The number of ketones is 1. The molecule has 0 saturated heterocycles. The number of hydrogen-bond donors (Lipinski definition) is 0. The van der Waals surface area contributed by atoms with Gasteiger partial charge in [-0.1, -0.05) is 28.1 Å². The molecule has 0 fully saturated rings. The molecule has 3 aromatic rings. The second kappa shape index (κ2) is 8.01. The molecule has 0 spiro atoms. The molecule has 0 N–H and O–H groups in total. The lowest BCUT2D eigenvalue weighted by molar-refractivity contribution is -0.385. The van der Waals surface area contributed by atoms with E-state index in [4.69, 9.17) is 9.47 Å². The Bertz CT molecular complexity index is 1000. The maximum absolute atomic E-state index is 12.6. The summed E-state index contributed by atoms with van der Waals surface area (Å²) >= 11 is 3.31. The van der Waals surface area contributed by atoms with Gasteiger partial charge in [-0.2, -0.15) is 0 Å². The number of hydrogen-bond acceptors (Lipinski definition) is 5. The molecular weight excluding hydrogens is 414 g/mol. The molecule has 0 bridgehead atoms. The van der Waals surface area contributed by atoms with Crippen LogP contribution in [0.1, 0.15) is 15.9 Å². The number of nitrogens with zero attached hydrogens (tertiary/aromatic N) is 1. The fourth-order valence-corrected chi connectivity index (χ4v) is 2.74. The van der Waals surface area contributed by atoms with Crippen LogP contribution in [0.15, 0.2) is 71.2 Å². The van der Waals surface area contributed by atoms with Gasteiger partial charge in [0.1, 0.15) is 0 Å². The lowest BCUT2D eigenvalue weighted by Gasteiger charge is -2.11. The van der Waals surface area contributed by atoms with Gasteiger partial charge < -0.3 is 9.47 Å². The number of benzene rings is 3. The number of halogens is 1. The van der Waals surface area contributed by atoms with Crippen LogP contribution in [0.2, 0.25) is 0 Å². The molecule has 3 aromatic carbocycles. The first-order chi connectivity index (χ1) is 13.0. The quantitative estimate of drug-likeness (QED) is 0.299. The van der Waals surface area contributed by atoms with Gasteiger partial charge in [0.15, 0.2) is 17.3 Å². The van der Waals surface area contributed by atoms with Gasteiger partial charge in [0, 0.05) is 21.7 Å². The van der Waals surface area contributed by atoms with E-state index < -0.39 is 4.92 Å². The molecule has 0 aliphatic heterocycles. The standard InChI is InChI=1S/C20H14BrNO5/c1-26-18-4-2-3-5-19(18)27-17-11-8-14(12-16(17)22(24)25)20(23)13-6-9-15(21)10-7-13/h2-12H,1H3. The highest BCUT2D eigenvalue weighted by molar-refractivity contribution is 9.10. The van der Waals surface area contributed by atoms with Crippen LogP contribution in [0, 0.1) is 10.1 Å². The average Bonchev–Trinajstić information content (AvgIpc) is 2.68. The number of nitro benzene ring substituents is 1. The minimum Gasteiger partial charge on any atom is -0.493 e. The number of para-hydroxylation sites is 2. The minimum atomic E-state index is -0.580. The van der Waals surface area contributed by atoms with E-state index in [0.717, 1.165) is 4.47 Å². The van der Waals surface area contributed by atoms with Crippen molar-refractivity contribution in [2.75, 3.05) is 7.11 Å². The molecule has 0 aliphatic rings. The van der Waals surface area contributed by atoms with Crippen LogP contribution >= 0.6 is 15.9 Å². The Morgan fingerprint density at radius 2 is 1.56 bits per heavy atom. The number of carbonyl (C=O) groups is 1. The smallest absolute Gasteiger partial charge is 0.312 e. The van der Waals surface area contributed by atoms with E-state index in [1.165, 1.54) is 25.3 Å². The third kappa shape index (κ3) is 4.15. The predicted octanol–water partition coefficient (Wildman–Crippen LogP) is 5.39. The second-order valence-electron chi connectivity index (χ2n) is 5.53. The molecule has 27 heavy (non-hydrogen) atoms. The third-order valence-corrected chi connectivity index (χ3v) is 4.34. The monoisotopic (exact) mass is 427 g/mol. The number of rotatable bonds is 6. The summed E-state index contributed by atoms with van der Waals surface area (Å²) < 4.78 is 11.7. The van der Waals surface area contributed by atoms with Crippen LogP contribution < -0.4 is 9.47 Å². The number of nitro groups is 1. The minimum absolute atomic E-state index is 0.0249. The molecule has 0 saturated carbocycles. The lowest BCUT2D eigenvalue weighted by Crippen LogP contribution is -2.03. The van der Waals surface area contributed by atoms with Gasteiger partial charge in [0.05, 0.1) is 12.0 Å². The van der Waals surface area contributed by atoms with Crippen molar-refractivity contribution in [3.8, 4) is 17.2 Å². The maximum atomic E-state index is 12.6. The van der Waals surface area contributed by atoms with Crippen LogP contribution in [0.3, 0.4) is 0 Å². The van der Waals surface area contributed by atoms with Crippen molar-refractivity contribution in [3.63, 3.8) is 0 Å². The molecular formula is C20H14BrNO5. The molecule has 0 aliphatic carbocycles. The maximum Gasteiger partial charge on any atom is 0.312 e. The van der Waals surface area contributed by atoms with Crippen LogP contribution in [0.5, 0.6) is 17.2 Å². The highest BCUT2D eigenvalue weighted by atomic mass is 79.9. The van der Waals surface area contributed by atoms with Crippen molar-refractivity contribution >= 4 is 27.4 Å². The molecule has 0 heterocycles. The van der Waals surface area contributed by atoms with E-state index >= 15 is 0 Å². The molecule has 7 heteroatoms.